The molecule has 108 valence electrons. The molecule has 0 radical (unpaired) electrons. The Labute approximate surface area is 120 Å². The topological polar surface area (TPSA) is 67.5 Å². The third-order valence-electron chi connectivity index (χ3n) is 3.29. The van der Waals surface area contributed by atoms with Gasteiger partial charge in [0.2, 0.25) is 5.76 Å². The quantitative estimate of drug-likeness (QED) is 0.886. The molecule has 2 unspecified atom stereocenters. The van der Waals surface area contributed by atoms with Crippen LogP contribution in [0.1, 0.15) is 36.4 Å². The number of fused-ring (bicyclic) bond motifs is 1. The normalized spacial score (nSPS) is 14.3. The van der Waals surface area contributed by atoms with Crippen LogP contribution in [0.15, 0.2) is 28.7 Å². The van der Waals surface area contributed by atoms with Gasteiger partial charge in [-0.3, -0.25) is 4.21 Å². The van der Waals surface area contributed by atoms with Gasteiger partial charge in [0, 0.05) is 27.7 Å². The van der Waals surface area contributed by atoms with Crippen LogP contribution in [0.4, 0.5) is 0 Å². The Bertz CT molecular complexity index is 644. The zero-order valence-corrected chi connectivity index (χ0v) is 12.4. The molecule has 0 aliphatic heterocycles. The monoisotopic (exact) mass is 294 g/mol. The fourth-order valence-corrected chi connectivity index (χ4v) is 3.51. The summed E-state index contributed by atoms with van der Waals surface area (Å²) in [5, 5.41) is 9.62. The molecule has 4 nitrogen and oxygen atoms in total. The van der Waals surface area contributed by atoms with Crippen LogP contribution in [0.5, 0.6) is 0 Å². The van der Waals surface area contributed by atoms with E-state index in [1.807, 2.05) is 12.1 Å². The van der Waals surface area contributed by atoms with E-state index in [2.05, 4.69) is 13.8 Å². The minimum Gasteiger partial charge on any atom is -0.475 e. The molecular weight excluding hydrogens is 276 g/mol. The van der Waals surface area contributed by atoms with E-state index in [0.29, 0.717) is 23.0 Å². The van der Waals surface area contributed by atoms with Gasteiger partial charge in [-0.05, 0) is 29.7 Å². The van der Waals surface area contributed by atoms with Crippen molar-refractivity contribution < 1.29 is 18.5 Å². The van der Waals surface area contributed by atoms with Crippen molar-refractivity contribution in [2.24, 2.45) is 5.92 Å². The van der Waals surface area contributed by atoms with Crippen molar-refractivity contribution in [3.05, 3.63) is 35.6 Å². The minimum absolute atomic E-state index is 0.0714. The second kappa shape index (κ2) is 6.22. The molecular formula is C15H18O4S. The Morgan fingerprint density at radius 2 is 2.15 bits per heavy atom. The van der Waals surface area contributed by atoms with Gasteiger partial charge in [-0.2, -0.15) is 0 Å². The van der Waals surface area contributed by atoms with E-state index in [4.69, 9.17) is 9.52 Å². The maximum atomic E-state index is 12.0. The molecule has 5 heteroatoms. The summed E-state index contributed by atoms with van der Waals surface area (Å²) in [7, 11) is -0.893. The zero-order chi connectivity index (χ0) is 14.7. The average Bonchev–Trinajstić information content (AvgIpc) is 2.81. The van der Waals surface area contributed by atoms with Crippen LogP contribution in [0.25, 0.3) is 11.0 Å². The first-order chi connectivity index (χ1) is 9.49. The molecule has 0 aliphatic carbocycles. The van der Waals surface area contributed by atoms with E-state index < -0.39 is 16.8 Å². The molecule has 0 bridgehead atoms. The largest absolute Gasteiger partial charge is 0.475 e. The lowest BCUT2D eigenvalue weighted by molar-refractivity contribution is 0.0665. The van der Waals surface area contributed by atoms with E-state index in [1.165, 1.54) is 6.07 Å². The average molecular weight is 294 g/mol. The summed E-state index contributed by atoms with van der Waals surface area (Å²) in [4.78, 5) is 10.8. The molecule has 0 aliphatic rings. The maximum Gasteiger partial charge on any atom is 0.371 e. The Morgan fingerprint density at radius 1 is 1.40 bits per heavy atom. The van der Waals surface area contributed by atoms with Crippen molar-refractivity contribution in [2.45, 2.75) is 26.0 Å². The molecule has 1 aromatic carbocycles. The standard InChI is InChI=1S/C15H18O4S/c1-3-10(2)8-20(18)9-11-4-5-13-12(6-11)7-14(19-13)15(16)17/h4-7,10H,3,8-9H2,1-2H3,(H,16,17). The van der Waals surface area contributed by atoms with Crippen molar-refractivity contribution in [3.63, 3.8) is 0 Å². The minimum atomic E-state index is -1.08. The summed E-state index contributed by atoms with van der Waals surface area (Å²) >= 11 is 0. The highest BCUT2D eigenvalue weighted by atomic mass is 32.2. The van der Waals surface area contributed by atoms with Crippen LogP contribution in [-0.2, 0) is 16.6 Å². The number of rotatable bonds is 6. The fraction of sp³-hybridized carbons (Fsp3) is 0.400. The summed E-state index contributed by atoms with van der Waals surface area (Å²) in [6.07, 6.45) is 1.02. The smallest absolute Gasteiger partial charge is 0.371 e. The second-order valence-electron chi connectivity index (χ2n) is 5.05. The third kappa shape index (κ3) is 3.48. The molecule has 2 rings (SSSR count). The summed E-state index contributed by atoms with van der Waals surface area (Å²) < 4.78 is 17.2. The van der Waals surface area contributed by atoms with Gasteiger partial charge < -0.3 is 9.52 Å². The molecule has 0 saturated heterocycles. The number of carboxylic acid groups (broad SMARTS) is 1. The van der Waals surface area contributed by atoms with Crippen LogP contribution in [0.3, 0.4) is 0 Å². The number of carbonyl (C=O) groups is 1. The van der Waals surface area contributed by atoms with Gasteiger partial charge in [0.1, 0.15) is 5.58 Å². The van der Waals surface area contributed by atoms with Crippen molar-refractivity contribution in [1.82, 2.24) is 0 Å². The molecule has 20 heavy (non-hydrogen) atoms. The SMILES string of the molecule is CCC(C)CS(=O)Cc1ccc2oc(C(=O)O)cc2c1. The first-order valence-corrected chi connectivity index (χ1v) is 8.09. The lowest BCUT2D eigenvalue weighted by Crippen LogP contribution is -2.08. The molecule has 0 fully saturated rings. The van der Waals surface area contributed by atoms with E-state index in [0.717, 1.165) is 17.4 Å². The molecule has 1 heterocycles. The van der Waals surface area contributed by atoms with Crippen molar-refractivity contribution in [3.8, 4) is 0 Å². The van der Waals surface area contributed by atoms with Crippen LogP contribution in [0, 0.1) is 5.92 Å². The van der Waals surface area contributed by atoms with Gasteiger partial charge in [0.25, 0.3) is 0 Å². The number of hydrogen-bond acceptors (Lipinski definition) is 3. The fourth-order valence-electron chi connectivity index (χ4n) is 1.97. The van der Waals surface area contributed by atoms with E-state index in [1.54, 1.807) is 6.07 Å². The van der Waals surface area contributed by atoms with Crippen LogP contribution >= 0.6 is 0 Å². The Hall–Kier alpha value is -1.62. The highest BCUT2D eigenvalue weighted by Gasteiger charge is 2.12. The predicted octanol–water partition coefficient (Wildman–Crippen LogP) is 3.43. The lowest BCUT2D eigenvalue weighted by atomic mass is 10.2. The molecule has 0 amide bonds. The highest BCUT2D eigenvalue weighted by Crippen LogP contribution is 2.22. The second-order valence-corrected chi connectivity index (χ2v) is 6.55. The number of furan rings is 1. The molecule has 1 N–H and O–H groups in total. The van der Waals surface area contributed by atoms with Gasteiger partial charge >= 0.3 is 5.97 Å². The first kappa shape index (κ1) is 14.8. The van der Waals surface area contributed by atoms with Crippen molar-refractivity contribution in [1.29, 1.82) is 0 Å². The summed E-state index contributed by atoms with van der Waals surface area (Å²) in [5.74, 6) is 0.488. The number of carboxylic acids is 1. The van der Waals surface area contributed by atoms with E-state index >= 15 is 0 Å². The van der Waals surface area contributed by atoms with E-state index in [9.17, 15) is 9.00 Å². The molecule has 2 atom stereocenters. The first-order valence-electron chi connectivity index (χ1n) is 6.60. The Morgan fingerprint density at radius 3 is 2.80 bits per heavy atom. The summed E-state index contributed by atoms with van der Waals surface area (Å²) in [6.45, 7) is 4.18. The van der Waals surface area contributed by atoms with Gasteiger partial charge in [0.15, 0.2) is 0 Å². The lowest BCUT2D eigenvalue weighted by Gasteiger charge is -2.08. The van der Waals surface area contributed by atoms with Crippen LogP contribution in [0.2, 0.25) is 0 Å². The molecule has 2 aromatic rings. The highest BCUT2D eigenvalue weighted by molar-refractivity contribution is 7.84. The van der Waals surface area contributed by atoms with Crippen LogP contribution < -0.4 is 0 Å². The Kier molecular flexibility index (Phi) is 4.60. The van der Waals surface area contributed by atoms with Gasteiger partial charge in [0.05, 0.1) is 0 Å². The van der Waals surface area contributed by atoms with Gasteiger partial charge in [-0.15, -0.1) is 0 Å². The van der Waals surface area contributed by atoms with Gasteiger partial charge in [-0.25, -0.2) is 4.79 Å². The zero-order valence-electron chi connectivity index (χ0n) is 11.6. The number of aromatic carboxylic acids is 1. The molecule has 1 aromatic heterocycles. The number of benzene rings is 1. The number of hydrogen-bond donors (Lipinski definition) is 1. The molecule has 0 saturated carbocycles. The molecule has 0 spiro atoms. The summed E-state index contributed by atoms with van der Waals surface area (Å²) in [6, 6.07) is 6.92. The van der Waals surface area contributed by atoms with Gasteiger partial charge in [-0.1, -0.05) is 26.3 Å². The van der Waals surface area contributed by atoms with E-state index in [-0.39, 0.29) is 5.76 Å². The van der Waals surface area contributed by atoms with Crippen molar-refractivity contribution >= 4 is 27.7 Å². The summed E-state index contributed by atoms with van der Waals surface area (Å²) in [5.41, 5.74) is 1.48. The third-order valence-corrected chi connectivity index (χ3v) is 4.88. The van der Waals surface area contributed by atoms with Crippen LogP contribution in [-0.4, -0.2) is 21.0 Å². The van der Waals surface area contributed by atoms with Crippen molar-refractivity contribution in [2.75, 3.05) is 5.75 Å². The maximum absolute atomic E-state index is 12.0. The Balaban J connectivity index is 2.15. The predicted molar refractivity (Wildman–Crippen MR) is 79.3 cm³/mol.